The van der Waals surface area contributed by atoms with E-state index in [1.165, 1.54) is 18.3 Å². The lowest BCUT2D eigenvalue weighted by atomic mass is 10.2. The summed E-state index contributed by atoms with van der Waals surface area (Å²) in [6.07, 6.45) is 0.00332. The fraction of sp³-hybridized carbons (Fsp3) is 0.600. The van der Waals surface area contributed by atoms with Gasteiger partial charge in [0.2, 0.25) is 0 Å². The molecule has 1 aromatic heterocycles. The van der Waals surface area contributed by atoms with Crippen molar-refractivity contribution in [2.75, 3.05) is 20.2 Å². The van der Waals surface area contributed by atoms with Crippen molar-refractivity contribution >= 4 is 23.0 Å². The molecule has 0 aromatic carbocycles. The molecule has 5 nitrogen and oxygen atoms in total. The van der Waals surface area contributed by atoms with Crippen LogP contribution in [0.25, 0.3) is 0 Å². The van der Waals surface area contributed by atoms with Gasteiger partial charge in [0.1, 0.15) is 0 Å². The molecular formula is C15H22N2O3S. The molecule has 6 heteroatoms. The molecule has 1 aromatic rings. The predicted octanol–water partition coefficient (Wildman–Crippen LogP) is 1.79. The number of methoxy groups -OCH3 is 1. The van der Waals surface area contributed by atoms with Crippen molar-refractivity contribution in [1.82, 2.24) is 10.2 Å². The normalized spacial score (nSPS) is 22.7. The van der Waals surface area contributed by atoms with E-state index in [0.717, 1.165) is 13.1 Å². The van der Waals surface area contributed by atoms with Crippen LogP contribution in [0.2, 0.25) is 0 Å². The first kappa shape index (κ1) is 16.1. The second-order valence-corrected chi connectivity index (χ2v) is 6.71. The summed E-state index contributed by atoms with van der Waals surface area (Å²) in [6.45, 7) is 7.38. The number of rotatable bonds is 5. The Morgan fingerprint density at radius 2 is 2.00 bits per heavy atom. The summed E-state index contributed by atoms with van der Waals surface area (Å²) in [5, 5.41) is 3.03. The second kappa shape index (κ2) is 6.68. The average Bonchev–Trinajstić information content (AvgIpc) is 3.05. The lowest BCUT2D eigenvalue weighted by molar-refractivity contribution is 0.0755. The summed E-state index contributed by atoms with van der Waals surface area (Å²) in [5.41, 5.74) is 0. The van der Waals surface area contributed by atoms with Gasteiger partial charge in [-0.05, 0) is 32.9 Å². The van der Waals surface area contributed by atoms with E-state index in [-0.39, 0.29) is 23.8 Å². The summed E-state index contributed by atoms with van der Waals surface area (Å²) in [6, 6.07) is 3.81. The molecule has 1 aliphatic rings. The highest BCUT2D eigenvalue weighted by Gasteiger charge is 2.35. The van der Waals surface area contributed by atoms with Gasteiger partial charge in [-0.1, -0.05) is 0 Å². The number of amides is 1. The van der Waals surface area contributed by atoms with Crippen molar-refractivity contribution < 1.29 is 14.3 Å². The van der Waals surface area contributed by atoms with Crippen molar-refractivity contribution in [2.24, 2.45) is 0 Å². The van der Waals surface area contributed by atoms with Crippen LogP contribution < -0.4 is 5.32 Å². The number of thiophene rings is 1. The first-order valence-corrected chi connectivity index (χ1v) is 7.92. The van der Waals surface area contributed by atoms with E-state index in [1.54, 1.807) is 19.2 Å². The number of ether oxygens (including phenoxy) is 1. The van der Waals surface area contributed by atoms with Crippen LogP contribution in [0, 0.1) is 0 Å². The van der Waals surface area contributed by atoms with Crippen LogP contribution >= 0.6 is 11.3 Å². The van der Waals surface area contributed by atoms with Gasteiger partial charge in [-0.3, -0.25) is 14.5 Å². The van der Waals surface area contributed by atoms with Crippen molar-refractivity contribution in [3.63, 3.8) is 0 Å². The molecular weight excluding hydrogens is 288 g/mol. The molecule has 2 rings (SSSR count). The number of carbonyl (C=O) groups is 2. The van der Waals surface area contributed by atoms with Gasteiger partial charge in [0.25, 0.3) is 5.91 Å². The number of hydrogen-bond donors (Lipinski definition) is 1. The Bertz CT molecular complexity index is 527. The van der Waals surface area contributed by atoms with Gasteiger partial charge in [0, 0.05) is 26.2 Å². The van der Waals surface area contributed by atoms with Crippen LogP contribution in [-0.4, -0.2) is 55.0 Å². The minimum Gasteiger partial charge on any atom is -0.378 e. The molecule has 2 heterocycles. The topological polar surface area (TPSA) is 58.6 Å². The molecule has 1 fully saturated rings. The lowest BCUT2D eigenvalue weighted by Gasteiger charge is -2.19. The number of likely N-dealkylation sites (tertiary alicyclic amines) is 1. The van der Waals surface area contributed by atoms with Crippen molar-refractivity contribution in [3.05, 3.63) is 21.9 Å². The average molecular weight is 310 g/mol. The molecule has 0 bridgehead atoms. The number of nitrogens with one attached hydrogen (secondary N) is 1. The van der Waals surface area contributed by atoms with Crippen LogP contribution in [0.1, 0.15) is 40.1 Å². The van der Waals surface area contributed by atoms with Gasteiger partial charge >= 0.3 is 0 Å². The summed E-state index contributed by atoms with van der Waals surface area (Å²) in [7, 11) is 1.67. The lowest BCUT2D eigenvalue weighted by Crippen LogP contribution is -2.43. The van der Waals surface area contributed by atoms with E-state index >= 15 is 0 Å². The molecule has 0 radical (unpaired) electrons. The van der Waals surface area contributed by atoms with Crippen LogP contribution in [0.3, 0.4) is 0 Å². The zero-order valence-corrected chi connectivity index (χ0v) is 13.7. The van der Waals surface area contributed by atoms with Gasteiger partial charge < -0.3 is 10.1 Å². The maximum atomic E-state index is 12.3. The number of carbonyl (C=O) groups excluding carboxylic acids is 2. The van der Waals surface area contributed by atoms with Crippen molar-refractivity contribution in [1.29, 1.82) is 0 Å². The number of Topliss-reactive ketones (excluding diaryl/α,β-unsaturated/α-hetero) is 1. The fourth-order valence-electron chi connectivity index (χ4n) is 2.49. The summed E-state index contributed by atoms with van der Waals surface area (Å²) < 4.78 is 5.48. The van der Waals surface area contributed by atoms with E-state index in [4.69, 9.17) is 4.74 Å². The van der Waals surface area contributed by atoms with Gasteiger partial charge in [-0.2, -0.15) is 0 Å². The van der Waals surface area contributed by atoms with E-state index in [2.05, 4.69) is 24.1 Å². The highest BCUT2D eigenvalue weighted by Crippen LogP contribution is 2.19. The van der Waals surface area contributed by atoms with E-state index in [1.807, 2.05) is 0 Å². The van der Waals surface area contributed by atoms with Gasteiger partial charge in [-0.15, -0.1) is 11.3 Å². The monoisotopic (exact) mass is 310 g/mol. The number of hydrogen-bond acceptors (Lipinski definition) is 5. The third kappa shape index (κ3) is 3.70. The Hall–Kier alpha value is -1.24. The van der Waals surface area contributed by atoms with Crippen LogP contribution in [0.15, 0.2) is 12.1 Å². The van der Waals surface area contributed by atoms with Gasteiger partial charge in [-0.25, -0.2) is 0 Å². The molecule has 1 N–H and O–H groups in total. The Morgan fingerprint density at radius 1 is 1.33 bits per heavy atom. The molecule has 116 valence electrons. The van der Waals surface area contributed by atoms with Crippen molar-refractivity contribution in [2.45, 2.75) is 39.0 Å². The first-order valence-electron chi connectivity index (χ1n) is 7.10. The van der Waals surface area contributed by atoms with E-state index in [9.17, 15) is 9.59 Å². The molecule has 0 spiro atoms. The molecule has 1 amide bonds. The van der Waals surface area contributed by atoms with Gasteiger partial charge in [0.05, 0.1) is 21.9 Å². The third-order valence-corrected chi connectivity index (χ3v) is 5.01. The maximum absolute atomic E-state index is 12.3. The quantitative estimate of drug-likeness (QED) is 0.842. The maximum Gasteiger partial charge on any atom is 0.261 e. The standard InChI is InChI=1S/C15H22N2O3S/c1-9(2)17-7-11(12(8-17)20-4)16-15(19)14-6-5-13(21-14)10(3)18/h5-6,9,11-12H,7-8H2,1-4H3,(H,16,19). The largest absolute Gasteiger partial charge is 0.378 e. The molecule has 0 saturated carbocycles. The minimum atomic E-state index is -0.134. The van der Waals surface area contributed by atoms with Crippen LogP contribution in [0.5, 0.6) is 0 Å². The second-order valence-electron chi connectivity index (χ2n) is 5.62. The zero-order valence-electron chi connectivity index (χ0n) is 12.9. The Morgan fingerprint density at radius 3 is 2.52 bits per heavy atom. The minimum absolute atomic E-state index is 0.00332. The summed E-state index contributed by atoms with van der Waals surface area (Å²) in [5.74, 6) is -0.147. The van der Waals surface area contributed by atoms with Gasteiger partial charge in [0.15, 0.2) is 5.78 Å². The van der Waals surface area contributed by atoms with E-state index in [0.29, 0.717) is 15.8 Å². The van der Waals surface area contributed by atoms with Crippen LogP contribution in [0.4, 0.5) is 0 Å². The summed E-state index contributed by atoms with van der Waals surface area (Å²) in [4.78, 5) is 27.0. The first-order chi connectivity index (χ1) is 9.92. The smallest absolute Gasteiger partial charge is 0.261 e. The van der Waals surface area contributed by atoms with Crippen molar-refractivity contribution in [3.8, 4) is 0 Å². The predicted molar refractivity (Wildman–Crippen MR) is 83.1 cm³/mol. The third-order valence-electron chi connectivity index (χ3n) is 3.82. The highest BCUT2D eigenvalue weighted by molar-refractivity contribution is 7.15. The molecule has 1 saturated heterocycles. The SMILES string of the molecule is COC1CN(C(C)C)CC1NC(=O)c1ccc(C(C)=O)s1. The Balaban J connectivity index is 2.02. The fourth-order valence-corrected chi connectivity index (χ4v) is 3.30. The number of nitrogens with zero attached hydrogens (tertiary/aromatic N) is 1. The molecule has 0 aliphatic carbocycles. The Labute approximate surface area is 129 Å². The zero-order chi connectivity index (χ0) is 15.6. The molecule has 2 atom stereocenters. The van der Waals surface area contributed by atoms with Crippen LogP contribution in [-0.2, 0) is 4.74 Å². The Kier molecular flexibility index (Phi) is 5.13. The van der Waals surface area contributed by atoms with E-state index < -0.39 is 0 Å². The highest BCUT2D eigenvalue weighted by atomic mass is 32.1. The molecule has 21 heavy (non-hydrogen) atoms. The summed E-state index contributed by atoms with van der Waals surface area (Å²) >= 11 is 1.23. The molecule has 2 unspecified atom stereocenters. The number of ketones is 1. The molecule has 1 aliphatic heterocycles.